The first-order valence-electron chi connectivity index (χ1n) is 7.46. The van der Waals surface area contributed by atoms with Crippen LogP contribution in [0.15, 0.2) is 29.1 Å². The smallest absolute Gasteiger partial charge is 0.225 e. The van der Waals surface area contributed by atoms with Gasteiger partial charge in [0.2, 0.25) is 5.95 Å². The van der Waals surface area contributed by atoms with Crippen molar-refractivity contribution in [3.63, 3.8) is 0 Å². The van der Waals surface area contributed by atoms with Crippen molar-refractivity contribution in [3.8, 4) is 0 Å². The quantitative estimate of drug-likeness (QED) is 0.837. The van der Waals surface area contributed by atoms with Gasteiger partial charge in [0.1, 0.15) is 0 Å². The third-order valence-electron chi connectivity index (χ3n) is 4.85. The summed E-state index contributed by atoms with van der Waals surface area (Å²) in [6, 6.07) is 3.28. The van der Waals surface area contributed by atoms with E-state index < -0.39 is 0 Å². The Bertz CT molecular complexity index is 624. The van der Waals surface area contributed by atoms with Crippen molar-refractivity contribution >= 4 is 21.9 Å². The molecule has 2 saturated heterocycles. The predicted molar refractivity (Wildman–Crippen MR) is 84.2 cm³/mol. The normalized spacial score (nSPS) is 28.1. The Balaban J connectivity index is 1.59. The van der Waals surface area contributed by atoms with Crippen LogP contribution in [0, 0.1) is 0 Å². The maximum absolute atomic E-state index is 4.50. The second-order valence-corrected chi connectivity index (χ2v) is 6.96. The topological polar surface area (TPSA) is 46.8 Å². The van der Waals surface area contributed by atoms with Gasteiger partial charge in [0.15, 0.2) is 0 Å². The monoisotopic (exact) mass is 347 g/mol. The summed E-state index contributed by atoms with van der Waals surface area (Å²) >= 11 is 3.41. The molecule has 2 aromatic rings. The third-order valence-corrected chi connectivity index (χ3v) is 5.26. The van der Waals surface area contributed by atoms with Crippen LogP contribution < -0.4 is 4.90 Å². The van der Waals surface area contributed by atoms with Gasteiger partial charge in [-0.1, -0.05) is 0 Å². The van der Waals surface area contributed by atoms with Crippen molar-refractivity contribution in [1.82, 2.24) is 19.7 Å². The van der Waals surface area contributed by atoms with Gasteiger partial charge in [-0.2, -0.15) is 5.10 Å². The molecule has 2 aliphatic rings. The molecule has 0 amide bonds. The van der Waals surface area contributed by atoms with E-state index in [0.29, 0.717) is 18.0 Å². The lowest BCUT2D eigenvalue weighted by Gasteiger charge is -2.39. The molecule has 0 saturated carbocycles. The first-order valence-corrected chi connectivity index (χ1v) is 8.25. The predicted octanol–water partition coefficient (Wildman–Crippen LogP) is 2.89. The highest BCUT2D eigenvalue weighted by molar-refractivity contribution is 9.10. The Morgan fingerprint density at radius 3 is 2.38 bits per heavy atom. The van der Waals surface area contributed by atoms with Crippen molar-refractivity contribution in [2.75, 3.05) is 4.90 Å². The SMILES string of the molecule is Cn1nccc1C1CC2CCC(C1)N2c1ncc(Br)cn1. The average molecular weight is 348 g/mol. The number of piperidine rings is 1. The lowest BCUT2D eigenvalue weighted by atomic mass is 9.88. The lowest BCUT2D eigenvalue weighted by Crippen LogP contribution is -2.43. The van der Waals surface area contributed by atoms with E-state index in [0.717, 1.165) is 10.4 Å². The van der Waals surface area contributed by atoms with Crippen LogP contribution in [0.2, 0.25) is 0 Å². The van der Waals surface area contributed by atoms with E-state index in [1.807, 2.05) is 30.3 Å². The first kappa shape index (κ1) is 13.2. The molecule has 21 heavy (non-hydrogen) atoms. The van der Waals surface area contributed by atoms with Crippen LogP contribution in [0.3, 0.4) is 0 Å². The van der Waals surface area contributed by atoms with E-state index in [1.54, 1.807) is 0 Å². The molecular formula is C15H18BrN5. The molecule has 0 aliphatic carbocycles. The first-order chi connectivity index (χ1) is 10.2. The highest BCUT2D eigenvalue weighted by Gasteiger charge is 2.42. The van der Waals surface area contributed by atoms with E-state index in [1.165, 1.54) is 31.4 Å². The van der Waals surface area contributed by atoms with Gasteiger partial charge >= 0.3 is 0 Å². The number of aryl methyl sites for hydroxylation is 1. The highest BCUT2D eigenvalue weighted by Crippen LogP contribution is 2.44. The maximum atomic E-state index is 4.50. The van der Waals surface area contributed by atoms with Crippen molar-refractivity contribution in [2.24, 2.45) is 7.05 Å². The molecule has 4 heterocycles. The number of halogens is 1. The zero-order valence-electron chi connectivity index (χ0n) is 12.0. The van der Waals surface area contributed by atoms with Crippen LogP contribution in [-0.4, -0.2) is 31.8 Å². The number of hydrogen-bond donors (Lipinski definition) is 0. The van der Waals surface area contributed by atoms with Crippen molar-refractivity contribution in [2.45, 2.75) is 43.7 Å². The number of fused-ring (bicyclic) bond motifs is 2. The minimum Gasteiger partial charge on any atom is -0.335 e. The van der Waals surface area contributed by atoms with Crippen LogP contribution in [0.25, 0.3) is 0 Å². The summed E-state index contributed by atoms with van der Waals surface area (Å²) in [7, 11) is 2.04. The molecule has 110 valence electrons. The van der Waals surface area contributed by atoms with Crippen molar-refractivity contribution in [1.29, 1.82) is 0 Å². The molecule has 2 aromatic heterocycles. The van der Waals surface area contributed by atoms with Gasteiger partial charge in [0.25, 0.3) is 0 Å². The Morgan fingerprint density at radius 1 is 1.14 bits per heavy atom. The van der Waals surface area contributed by atoms with Gasteiger partial charge in [-0.3, -0.25) is 4.68 Å². The van der Waals surface area contributed by atoms with Crippen LogP contribution >= 0.6 is 15.9 Å². The van der Waals surface area contributed by atoms with E-state index in [-0.39, 0.29) is 0 Å². The van der Waals surface area contributed by atoms with Gasteiger partial charge < -0.3 is 4.90 Å². The van der Waals surface area contributed by atoms with Crippen molar-refractivity contribution < 1.29 is 0 Å². The average Bonchev–Trinajstić information content (AvgIpc) is 3.01. The molecular weight excluding hydrogens is 330 g/mol. The van der Waals surface area contributed by atoms with Crippen LogP contribution in [0.1, 0.15) is 37.3 Å². The fourth-order valence-corrected chi connectivity index (χ4v) is 4.17. The van der Waals surface area contributed by atoms with E-state index >= 15 is 0 Å². The Hall–Kier alpha value is -1.43. The Labute approximate surface area is 132 Å². The lowest BCUT2D eigenvalue weighted by molar-refractivity contribution is 0.395. The van der Waals surface area contributed by atoms with E-state index in [4.69, 9.17) is 0 Å². The fourth-order valence-electron chi connectivity index (χ4n) is 3.97. The zero-order valence-corrected chi connectivity index (χ0v) is 13.6. The molecule has 2 unspecified atom stereocenters. The van der Waals surface area contributed by atoms with Gasteiger partial charge in [0, 0.05) is 49.3 Å². The summed E-state index contributed by atoms with van der Waals surface area (Å²) in [6.07, 6.45) is 10.4. The van der Waals surface area contributed by atoms with Crippen LogP contribution in [0.5, 0.6) is 0 Å². The van der Waals surface area contributed by atoms with Crippen LogP contribution in [-0.2, 0) is 7.05 Å². The Morgan fingerprint density at radius 2 is 1.81 bits per heavy atom. The number of anilines is 1. The van der Waals surface area contributed by atoms with Gasteiger partial charge in [0.05, 0.1) is 4.47 Å². The molecule has 2 fully saturated rings. The molecule has 0 aromatic carbocycles. The molecule has 2 aliphatic heterocycles. The number of hydrogen-bond acceptors (Lipinski definition) is 4. The Kier molecular flexibility index (Phi) is 3.21. The summed E-state index contributed by atoms with van der Waals surface area (Å²) < 4.78 is 2.96. The summed E-state index contributed by atoms with van der Waals surface area (Å²) in [4.78, 5) is 11.4. The molecule has 2 atom stereocenters. The minimum absolute atomic E-state index is 0.560. The fraction of sp³-hybridized carbons (Fsp3) is 0.533. The summed E-state index contributed by atoms with van der Waals surface area (Å²) in [5, 5.41) is 4.32. The van der Waals surface area contributed by atoms with Crippen LogP contribution in [0.4, 0.5) is 5.95 Å². The van der Waals surface area contributed by atoms with E-state index in [9.17, 15) is 0 Å². The van der Waals surface area contributed by atoms with E-state index in [2.05, 4.69) is 42.0 Å². The highest BCUT2D eigenvalue weighted by atomic mass is 79.9. The second kappa shape index (κ2) is 5.09. The minimum atomic E-state index is 0.560. The summed E-state index contributed by atoms with van der Waals surface area (Å²) in [6.45, 7) is 0. The molecule has 2 bridgehead atoms. The van der Waals surface area contributed by atoms with Gasteiger partial charge in [-0.15, -0.1) is 0 Å². The number of rotatable bonds is 2. The van der Waals surface area contributed by atoms with Crippen molar-refractivity contribution in [3.05, 3.63) is 34.8 Å². The largest absolute Gasteiger partial charge is 0.335 e. The molecule has 5 nitrogen and oxygen atoms in total. The standard InChI is InChI=1S/C15H18BrN5/c1-20-14(4-5-19-20)10-6-12-2-3-13(7-10)21(12)15-17-8-11(16)9-18-15/h4-5,8-10,12-13H,2-3,6-7H2,1H3. The molecule has 6 heteroatoms. The summed E-state index contributed by atoms with van der Waals surface area (Å²) in [5.74, 6) is 1.50. The molecule has 4 rings (SSSR count). The van der Waals surface area contributed by atoms with Gasteiger partial charge in [-0.05, 0) is 47.7 Å². The van der Waals surface area contributed by atoms with Gasteiger partial charge in [-0.25, -0.2) is 9.97 Å². The molecule has 0 spiro atoms. The zero-order chi connectivity index (χ0) is 14.4. The number of aromatic nitrogens is 4. The molecule has 0 N–H and O–H groups in total. The maximum Gasteiger partial charge on any atom is 0.225 e. The second-order valence-electron chi connectivity index (χ2n) is 6.04. The summed E-state index contributed by atoms with van der Waals surface area (Å²) in [5.41, 5.74) is 1.36. The third kappa shape index (κ3) is 2.25. The molecule has 0 radical (unpaired) electrons. The number of nitrogens with zero attached hydrogens (tertiary/aromatic N) is 5.